The Hall–Kier alpha value is -1.49. The first kappa shape index (κ1) is 10.6. The Morgan fingerprint density at radius 3 is 2.36 bits per heavy atom. The molecule has 2 N–H and O–H groups in total. The molecule has 14 heavy (non-hydrogen) atoms. The Balaban J connectivity index is 3.11. The molecule has 0 aromatic heterocycles. The first-order valence-corrected chi connectivity index (χ1v) is 3.85. The molecular formula is C9H9F2NO2. The number of methoxy groups -OCH3 is 1. The molecule has 1 aromatic carbocycles. The third-order valence-electron chi connectivity index (χ3n) is 1.77. The van der Waals surface area contributed by atoms with Crippen molar-refractivity contribution in [3.05, 3.63) is 35.4 Å². The van der Waals surface area contributed by atoms with E-state index in [0.717, 1.165) is 19.2 Å². The summed E-state index contributed by atoms with van der Waals surface area (Å²) < 4.78 is 30.4. The van der Waals surface area contributed by atoms with Crippen molar-refractivity contribution in [1.82, 2.24) is 0 Å². The van der Waals surface area contributed by atoms with Gasteiger partial charge in [-0.25, -0.2) is 8.78 Å². The number of rotatable bonds is 2. The van der Waals surface area contributed by atoms with Gasteiger partial charge < -0.3 is 10.5 Å². The van der Waals surface area contributed by atoms with Crippen LogP contribution in [0.15, 0.2) is 18.2 Å². The second kappa shape index (κ2) is 4.15. The molecule has 0 amide bonds. The van der Waals surface area contributed by atoms with Crippen molar-refractivity contribution in [2.45, 2.75) is 6.04 Å². The molecule has 1 aromatic rings. The number of ether oxygens (including phenoxy) is 1. The van der Waals surface area contributed by atoms with Gasteiger partial charge in [0.25, 0.3) is 0 Å². The monoisotopic (exact) mass is 201 g/mol. The van der Waals surface area contributed by atoms with Gasteiger partial charge in [0.15, 0.2) is 0 Å². The minimum atomic E-state index is -1.43. The molecule has 3 nitrogen and oxygen atoms in total. The maximum atomic E-state index is 13.1. The van der Waals surface area contributed by atoms with Gasteiger partial charge in [0.1, 0.15) is 17.7 Å². The van der Waals surface area contributed by atoms with Gasteiger partial charge in [0.05, 0.1) is 12.7 Å². The average molecular weight is 201 g/mol. The molecule has 0 spiro atoms. The molecule has 0 bridgehead atoms. The molecule has 5 heteroatoms. The van der Waals surface area contributed by atoms with Crippen LogP contribution in [0.5, 0.6) is 0 Å². The highest BCUT2D eigenvalue weighted by Gasteiger charge is 2.23. The van der Waals surface area contributed by atoms with Crippen molar-refractivity contribution in [1.29, 1.82) is 0 Å². The van der Waals surface area contributed by atoms with E-state index in [-0.39, 0.29) is 0 Å². The molecule has 0 aliphatic rings. The fraction of sp³-hybridized carbons (Fsp3) is 0.222. The number of hydrogen-bond acceptors (Lipinski definition) is 3. The highest BCUT2D eigenvalue weighted by molar-refractivity contribution is 5.77. The molecule has 0 saturated heterocycles. The Labute approximate surface area is 79.5 Å². The summed E-state index contributed by atoms with van der Waals surface area (Å²) in [5, 5.41) is 0. The topological polar surface area (TPSA) is 52.3 Å². The lowest BCUT2D eigenvalue weighted by molar-refractivity contribution is -0.142. The van der Waals surface area contributed by atoms with Gasteiger partial charge in [0, 0.05) is 0 Å². The van der Waals surface area contributed by atoms with Gasteiger partial charge in [-0.1, -0.05) is 6.07 Å². The first-order chi connectivity index (χ1) is 6.57. The second-order valence-electron chi connectivity index (χ2n) is 2.64. The van der Waals surface area contributed by atoms with E-state index in [0.29, 0.717) is 0 Å². The lowest BCUT2D eigenvalue weighted by Gasteiger charge is -2.10. The molecule has 0 fully saturated rings. The van der Waals surface area contributed by atoms with E-state index in [9.17, 15) is 13.6 Å². The molecule has 76 valence electrons. The zero-order chi connectivity index (χ0) is 10.7. The summed E-state index contributed by atoms with van der Waals surface area (Å²) in [6.45, 7) is 0. The fourth-order valence-electron chi connectivity index (χ4n) is 1.05. The summed E-state index contributed by atoms with van der Waals surface area (Å²) >= 11 is 0. The van der Waals surface area contributed by atoms with Gasteiger partial charge in [-0.3, -0.25) is 4.79 Å². The number of carbonyl (C=O) groups excluding carboxylic acids is 1. The molecule has 0 unspecified atom stereocenters. The molecule has 0 aliphatic heterocycles. The lowest BCUT2D eigenvalue weighted by atomic mass is 10.1. The largest absolute Gasteiger partial charge is 0.468 e. The van der Waals surface area contributed by atoms with Crippen LogP contribution in [0.25, 0.3) is 0 Å². The van der Waals surface area contributed by atoms with Crippen molar-refractivity contribution < 1.29 is 18.3 Å². The van der Waals surface area contributed by atoms with Crippen LogP contribution in [0.2, 0.25) is 0 Å². The molecular weight excluding hydrogens is 192 g/mol. The van der Waals surface area contributed by atoms with Crippen LogP contribution in [0.1, 0.15) is 11.6 Å². The summed E-state index contributed by atoms with van der Waals surface area (Å²) in [4.78, 5) is 10.9. The number of nitrogens with two attached hydrogens (primary N) is 1. The summed E-state index contributed by atoms with van der Waals surface area (Å²) in [6, 6.07) is 1.82. The van der Waals surface area contributed by atoms with Crippen LogP contribution in [0.4, 0.5) is 8.78 Å². The van der Waals surface area contributed by atoms with Gasteiger partial charge in [-0.2, -0.15) is 0 Å². The summed E-state index contributed by atoms with van der Waals surface area (Å²) in [5.74, 6) is -2.60. The Morgan fingerprint density at radius 2 is 1.93 bits per heavy atom. The van der Waals surface area contributed by atoms with E-state index in [1.165, 1.54) is 6.07 Å². The third kappa shape index (κ3) is 1.88. The van der Waals surface area contributed by atoms with Gasteiger partial charge in [-0.05, 0) is 12.1 Å². The van der Waals surface area contributed by atoms with Crippen molar-refractivity contribution in [3.8, 4) is 0 Å². The fourth-order valence-corrected chi connectivity index (χ4v) is 1.05. The Bertz CT molecular complexity index is 334. The Kier molecular flexibility index (Phi) is 3.14. The average Bonchev–Trinajstić information content (AvgIpc) is 2.16. The van der Waals surface area contributed by atoms with Crippen molar-refractivity contribution in [2.24, 2.45) is 5.73 Å². The summed E-state index contributed by atoms with van der Waals surface area (Å²) in [5.41, 5.74) is 4.82. The Morgan fingerprint density at radius 1 is 1.43 bits per heavy atom. The van der Waals surface area contributed by atoms with Crippen LogP contribution in [-0.4, -0.2) is 13.1 Å². The smallest absolute Gasteiger partial charge is 0.327 e. The predicted octanol–water partition coefficient (Wildman–Crippen LogP) is 1.14. The third-order valence-corrected chi connectivity index (χ3v) is 1.77. The number of hydrogen-bond donors (Lipinski definition) is 1. The van der Waals surface area contributed by atoms with Crippen LogP contribution >= 0.6 is 0 Å². The van der Waals surface area contributed by atoms with E-state index in [1.54, 1.807) is 0 Å². The van der Waals surface area contributed by atoms with E-state index in [1.807, 2.05) is 0 Å². The van der Waals surface area contributed by atoms with Gasteiger partial charge in [-0.15, -0.1) is 0 Å². The SMILES string of the molecule is COC(=O)[C@@H](N)c1c(F)cccc1F. The molecule has 0 aliphatic carbocycles. The van der Waals surface area contributed by atoms with Crippen molar-refractivity contribution >= 4 is 5.97 Å². The highest BCUT2D eigenvalue weighted by Crippen LogP contribution is 2.19. The second-order valence-corrected chi connectivity index (χ2v) is 2.64. The van der Waals surface area contributed by atoms with E-state index in [2.05, 4.69) is 4.74 Å². The van der Waals surface area contributed by atoms with Crippen LogP contribution in [-0.2, 0) is 9.53 Å². The quantitative estimate of drug-likeness (QED) is 0.730. The zero-order valence-electron chi connectivity index (χ0n) is 7.46. The van der Waals surface area contributed by atoms with Gasteiger partial charge in [0.2, 0.25) is 0 Å². The standard InChI is InChI=1S/C9H9F2NO2/c1-14-9(13)8(12)7-5(10)3-2-4-6(7)11/h2-4,8H,12H2,1H3/t8-/m0/s1. The lowest BCUT2D eigenvalue weighted by Crippen LogP contribution is -2.24. The summed E-state index contributed by atoms with van der Waals surface area (Å²) in [6.07, 6.45) is 0. The van der Waals surface area contributed by atoms with Crippen LogP contribution in [0.3, 0.4) is 0 Å². The molecule has 0 radical (unpaired) electrons. The number of halogens is 2. The van der Waals surface area contributed by atoms with Crippen molar-refractivity contribution in [2.75, 3.05) is 7.11 Å². The van der Waals surface area contributed by atoms with E-state index < -0.39 is 29.2 Å². The minimum absolute atomic E-state index is 0.473. The number of esters is 1. The maximum absolute atomic E-state index is 13.1. The van der Waals surface area contributed by atoms with Crippen molar-refractivity contribution in [3.63, 3.8) is 0 Å². The number of carbonyl (C=O) groups is 1. The summed E-state index contributed by atoms with van der Waals surface area (Å²) in [7, 11) is 1.10. The molecule has 0 heterocycles. The zero-order valence-corrected chi connectivity index (χ0v) is 7.46. The first-order valence-electron chi connectivity index (χ1n) is 3.85. The molecule has 1 rings (SSSR count). The highest BCUT2D eigenvalue weighted by atomic mass is 19.1. The predicted molar refractivity (Wildman–Crippen MR) is 45.3 cm³/mol. The minimum Gasteiger partial charge on any atom is -0.468 e. The maximum Gasteiger partial charge on any atom is 0.327 e. The van der Waals surface area contributed by atoms with E-state index in [4.69, 9.17) is 5.73 Å². The van der Waals surface area contributed by atoms with Crippen LogP contribution < -0.4 is 5.73 Å². The normalized spacial score (nSPS) is 12.3. The number of benzene rings is 1. The molecule has 1 atom stereocenters. The van der Waals surface area contributed by atoms with Gasteiger partial charge >= 0.3 is 5.97 Å². The van der Waals surface area contributed by atoms with Crippen LogP contribution in [0, 0.1) is 11.6 Å². The molecule has 0 saturated carbocycles. The van der Waals surface area contributed by atoms with E-state index >= 15 is 0 Å².